The lowest BCUT2D eigenvalue weighted by Crippen LogP contribution is -2.41. The Hall–Kier alpha value is -2.17. The average molecular weight is 303 g/mol. The number of carbonyl (C=O) groups excluding carboxylic acids is 2. The highest BCUT2D eigenvalue weighted by Crippen LogP contribution is 2.17. The predicted molar refractivity (Wildman–Crippen MR) is 88.1 cm³/mol. The largest absolute Gasteiger partial charge is 0.345 e. The van der Waals surface area contributed by atoms with E-state index in [4.69, 9.17) is 0 Å². The molecule has 1 saturated heterocycles. The van der Waals surface area contributed by atoms with Crippen LogP contribution in [0.3, 0.4) is 0 Å². The van der Waals surface area contributed by atoms with E-state index in [2.05, 4.69) is 9.97 Å². The van der Waals surface area contributed by atoms with Crippen LogP contribution in [0.4, 0.5) is 0 Å². The Kier molecular flexibility index (Phi) is 7.89. The second-order valence-corrected chi connectivity index (χ2v) is 5.24. The minimum Gasteiger partial charge on any atom is -0.345 e. The molecule has 5 nitrogen and oxygen atoms in total. The minimum atomic E-state index is -0.0458. The fourth-order valence-corrected chi connectivity index (χ4v) is 2.13. The van der Waals surface area contributed by atoms with Crippen molar-refractivity contribution >= 4 is 17.8 Å². The quantitative estimate of drug-likeness (QED) is 0.689. The highest BCUT2D eigenvalue weighted by atomic mass is 16.2. The number of aromatic nitrogens is 2. The van der Waals surface area contributed by atoms with E-state index in [-0.39, 0.29) is 17.6 Å². The lowest BCUT2D eigenvalue weighted by molar-refractivity contribution is -0.130. The van der Waals surface area contributed by atoms with Gasteiger partial charge in [0, 0.05) is 25.1 Å². The van der Waals surface area contributed by atoms with Crippen LogP contribution in [0.25, 0.3) is 6.08 Å². The average Bonchev–Trinajstić information content (AvgIpc) is 3.06. The lowest BCUT2D eigenvalue weighted by atomic mass is 9.94. The molecule has 2 heterocycles. The van der Waals surface area contributed by atoms with Gasteiger partial charge >= 0.3 is 0 Å². The number of nitrogens with one attached hydrogen (secondary N) is 1. The van der Waals surface area contributed by atoms with Crippen molar-refractivity contribution in [2.24, 2.45) is 5.92 Å². The summed E-state index contributed by atoms with van der Waals surface area (Å²) in [6.45, 7) is 6.87. The number of amides is 1. The van der Waals surface area contributed by atoms with Crippen LogP contribution >= 0.6 is 0 Å². The van der Waals surface area contributed by atoms with Gasteiger partial charge in [0.2, 0.25) is 5.91 Å². The van der Waals surface area contributed by atoms with Gasteiger partial charge in [-0.1, -0.05) is 12.2 Å². The Morgan fingerprint density at radius 2 is 2.09 bits per heavy atom. The molecule has 1 N–H and O–H groups in total. The van der Waals surface area contributed by atoms with Gasteiger partial charge in [-0.3, -0.25) is 9.59 Å². The molecule has 1 atom stereocenters. The molecule has 120 valence electrons. The summed E-state index contributed by atoms with van der Waals surface area (Å²) in [5, 5.41) is 0. The Morgan fingerprint density at radius 3 is 2.64 bits per heavy atom. The summed E-state index contributed by atoms with van der Waals surface area (Å²) in [5.41, 5.74) is 0.795. The van der Waals surface area contributed by atoms with Crippen LogP contribution in [-0.2, 0) is 9.59 Å². The van der Waals surface area contributed by atoms with Crippen LogP contribution in [0, 0.1) is 5.92 Å². The first kappa shape index (κ1) is 17.9. The van der Waals surface area contributed by atoms with Gasteiger partial charge in [0.25, 0.3) is 0 Å². The SMILES string of the molecule is CC(=O)C1CCCN(C(=O)/C=C/c2cnc[nH]2)C1.CC=CC. The fraction of sp³-hybridized carbons (Fsp3) is 0.471. The molecule has 1 aromatic heterocycles. The lowest BCUT2D eigenvalue weighted by Gasteiger charge is -2.30. The zero-order chi connectivity index (χ0) is 16.4. The van der Waals surface area contributed by atoms with Crippen molar-refractivity contribution in [3.8, 4) is 0 Å². The molecule has 5 heteroatoms. The zero-order valence-electron chi connectivity index (χ0n) is 13.6. The minimum absolute atomic E-state index is 0.00301. The number of hydrogen-bond donors (Lipinski definition) is 1. The second-order valence-electron chi connectivity index (χ2n) is 5.24. The number of aromatic amines is 1. The molecule has 1 amide bonds. The normalized spacial score (nSPS) is 18.3. The van der Waals surface area contributed by atoms with Crippen LogP contribution in [0.2, 0.25) is 0 Å². The number of H-pyrrole nitrogens is 1. The Bertz CT molecular complexity index is 514. The van der Waals surface area contributed by atoms with E-state index in [1.54, 1.807) is 30.4 Å². The van der Waals surface area contributed by atoms with E-state index in [1.165, 1.54) is 6.08 Å². The Balaban J connectivity index is 0.000000541. The number of Topliss-reactive ketones (excluding diaryl/α,β-unsaturated/α-hetero) is 1. The van der Waals surface area contributed by atoms with Gasteiger partial charge in [-0.05, 0) is 39.7 Å². The molecule has 0 bridgehead atoms. The number of likely N-dealkylation sites (tertiary alicyclic amines) is 1. The van der Waals surface area contributed by atoms with E-state index >= 15 is 0 Å². The molecule has 1 aliphatic rings. The number of imidazole rings is 1. The first-order valence-electron chi connectivity index (χ1n) is 7.61. The van der Waals surface area contributed by atoms with Crippen LogP contribution < -0.4 is 0 Å². The number of carbonyl (C=O) groups is 2. The van der Waals surface area contributed by atoms with E-state index in [9.17, 15) is 9.59 Å². The molecule has 1 fully saturated rings. The number of allylic oxidation sites excluding steroid dienone is 2. The van der Waals surface area contributed by atoms with Gasteiger partial charge in [0.15, 0.2) is 0 Å². The monoisotopic (exact) mass is 303 g/mol. The molecular weight excluding hydrogens is 278 g/mol. The molecule has 0 aromatic carbocycles. The molecule has 2 rings (SSSR count). The molecule has 22 heavy (non-hydrogen) atoms. The number of ketones is 1. The third kappa shape index (κ3) is 6.08. The number of nitrogens with zero attached hydrogens (tertiary/aromatic N) is 2. The van der Waals surface area contributed by atoms with Crippen molar-refractivity contribution < 1.29 is 9.59 Å². The van der Waals surface area contributed by atoms with Crippen LogP contribution in [-0.4, -0.2) is 39.6 Å². The number of piperidine rings is 1. The van der Waals surface area contributed by atoms with Gasteiger partial charge in [0.05, 0.1) is 18.2 Å². The predicted octanol–water partition coefficient (Wildman–Crippen LogP) is 2.83. The fourth-order valence-electron chi connectivity index (χ4n) is 2.13. The molecule has 0 radical (unpaired) electrons. The topological polar surface area (TPSA) is 66.1 Å². The van der Waals surface area contributed by atoms with Gasteiger partial charge < -0.3 is 9.88 Å². The second kappa shape index (κ2) is 9.71. The van der Waals surface area contributed by atoms with Gasteiger partial charge in [0.1, 0.15) is 5.78 Å². The molecule has 0 aliphatic carbocycles. The molecule has 1 aliphatic heterocycles. The highest BCUT2D eigenvalue weighted by molar-refractivity contribution is 5.92. The number of hydrogen-bond acceptors (Lipinski definition) is 3. The summed E-state index contributed by atoms with van der Waals surface area (Å²) in [4.78, 5) is 31.8. The molecule has 1 unspecified atom stereocenters. The summed E-state index contributed by atoms with van der Waals surface area (Å²) >= 11 is 0. The molecule has 0 spiro atoms. The van der Waals surface area contributed by atoms with Crippen molar-refractivity contribution in [1.29, 1.82) is 0 Å². The Labute approximate surface area is 132 Å². The van der Waals surface area contributed by atoms with Gasteiger partial charge in [-0.2, -0.15) is 0 Å². The summed E-state index contributed by atoms with van der Waals surface area (Å²) in [5.74, 6) is 0.129. The molecule has 1 aromatic rings. The first-order chi connectivity index (χ1) is 10.6. The Morgan fingerprint density at radius 1 is 1.36 bits per heavy atom. The highest BCUT2D eigenvalue weighted by Gasteiger charge is 2.24. The van der Waals surface area contributed by atoms with Crippen molar-refractivity contribution in [1.82, 2.24) is 14.9 Å². The third-order valence-corrected chi connectivity index (χ3v) is 3.57. The van der Waals surface area contributed by atoms with Crippen LogP contribution in [0.5, 0.6) is 0 Å². The van der Waals surface area contributed by atoms with Crippen LogP contribution in [0.15, 0.2) is 30.8 Å². The van der Waals surface area contributed by atoms with E-state index in [0.29, 0.717) is 6.54 Å². The maximum atomic E-state index is 12.0. The van der Waals surface area contributed by atoms with Crippen molar-refractivity contribution in [3.05, 3.63) is 36.4 Å². The van der Waals surface area contributed by atoms with Crippen molar-refractivity contribution in [3.63, 3.8) is 0 Å². The maximum absolute atomic E-state index is 12.0. The molecule has 0 saturated carbocycles. The standard InChI is InChI=1S/C13H17N3O2.C4H8/c1-10(17)11-3-2-6-16(8-11)13(18)5-4-12-7-14-9-15-12;1-3-4-2/h4-5,7,9,11H,2-3,6,8H2,1H3,(H,14,15);3-4H,1-2H3/b5-4+;. The van der Waals surface area contributed by atoms with E-state index in [0.717, 1.165) is 25.1 Å². The smallest absolute Gasteiger partial charge is 0.246 e. The van der Waals surface area contributed by atoms with Gasteiger partial charge in [-0.15, -0.1) is 0 Å². The summed E-state index contributed by atoms with van der Waals surface area (Å²) in [6.07, 6.45) is 12.2. The first-order valence-corrected chi connectivity index (χ1v) is 7.61. The van der Waals surface area contributed by atoms with E-state index in [1.807, 2.05) is 26.0 Å². The third-order valence-electron chi connectivity index (χ3n) is 3.57. The summed E-state index contributed by atoms with van der Waals surface area (Å²) in [7, 11) is 0. The van der Waals surface area contributed by atoms with Gasteiger partial charge in [-0.25, -0.2) is 4.98 Å². The number of rotatable bonds is 3. The van der Waals surface area contributed by atoms with Crippen LogP contribution in [0.1, 0.15) is 39.3 Å². The molecular formula is C17H25N3O2. The van der Waals surface area contributed by atoms with Crippen molar-refractivity contribution in [2.45, 2.75) is 33.6 Å². The van der Waals surface area contributed by atoms with Crippen molar-refractivity contribution in [2.75, 3.05) is 13.1 Å². The summed E-state index contributed by atoms with van der Waals surface area (Å²) in [6, 6.07) is 0. The summed E-state index contributed by atoms with van der Waals surface area (Å²) < 4.78 is 0. The van der Waals surface area contributed by atoms with E-state index < -0.39 is 0 Å². The zero-order valence-corrected chi connectivity index (χ0v) is 13.6. The maximum Gasteiger partial charge on any atom is 0.246 e.